The van der Waals surface area contributed by atoms with Gasteiger partial charge in [0.25, 0.3) is 15.9 Å². The molecule has 1 amide bonds. The third-order valence-electron chi connectivity index (χ3n) is 4.53. The second-order valence-corrected chi connectivity index (χ2v) is 9.17. The Morgan fingerprint density at radius 2 is 1.69 bits per heavy atom. The van der Waals surface area contributed by atoms with E-state index in [4.69, 9.17) is 0 Å². The van der Waals surface area contributed by atoms with Gasteiger partial charge in [0.2, 0.25) is 0 Å². The predicted molar refractivity (Wildman–Crippen MR) is 118 cm³/mol. The molecule has 0 unspecified atom stereocenters. The van der Waals surface area contributed by atoms with Crippen molar-refractivity contribution in [1.82, 2.24) is 0 Å². The molecule has 1 heterocycles. The Bertz CT molecular complexity index is 1300. The lowest BCUT2D eigenvalue weighted by Crippen LogP contribution is -2.17. The van der Waals surface area contributed by atoms with Crippen LogP contribution >= 0.6 is 11.3 Å². The van der Waals surface area contributed by atoms with Crippen molar-refractivity contribution in [3.8, 4) is 0 Å². The number of sulfonamides is 1. The highest BCUT2D eigenvalue weighted by Gasteiger charge is 2.19. The van der Waals surface area contributed by atoms with Crippen molar-refractivity contribution in [1.29, 1.82) is 0 Å². The summed E-state index contributed by atoms with van der Waals surface area (Å²) in [6.45, 7) is 1.79. The van der Waals surface area contributed by atoms with Crippen LogP contribution in [0.1, 0.15) is 15.2 Å². The SMILES string of the molecule is Cc1cccc(NC(=O)c2cccs2)c1NS(=O)(=O)c1ccc2ccccc2c1. The maximum atomic E-state index is 13.0. The van der Waals surface area contributed by atoms with Gasteiger partial charge in [-0.2, -0.15) is 0 Å². The maximum absolute atomic E-state index is 13.0. The van der Waals surface area contributed by atoms with E-state index in [0.29, 0.717) is 21.8 Å². The summed E-state index contributed by atoms with van der Waals surface area (Å²) < 4.78 is 28.7. The van der Waals surface area contributed by atoms with E-state index in [9.17, 15) is 13.2 Å². The number of anilines is 2. The van der Waals surface area contributed by atoms with E-state index in [0.717, 1.165) is 10.8 Å². The molecule has 3 aromatic carbocycles. The standard InChI is InChI=1S/C22H18N2O3S2/c1-15-6-4-9-19(23-22(25)20-10-5-13-28-20)21(15)24-29(26,27)18-12-11-16-7-2-3-8-17(16)14-18/h2-14,24H,1H3,(H,23,25). The molecule has 146 valence electrons. The Balaban J connectivity index is 1.68. The second-order valence-electron chi connectivity index (χ2n) is 6.54. The first-order valence-electron chi connectivity index (χ1n) is 8.90. The van der Waals surface area contributed by atoms with Crippen LogP contribution < -0.4 is 10.0 Å². The molecule has 1 aromatic heterocycles. The van der Waals surface area contributed by atoms with E-state index in [1.165, 1.54) is 11.3 Å². The fraction of sp³-hybridized carbons (Fsp3) is 0.0455. The summed E-state index contributed by atoms with van der Waals surface area (Å²) in [5.41, 5.74) is 1.47. The van der Waals surface area contributed by atoms with E-state index in [1.807, 2.05) is 29.6 Å². The van der Waals surface area contributed by atoms with Crippen molar-refractivity contribution >= 4 is 49.4 Å². The van der Waals surface area contributed by atoms with Gasteiger partial charge in [-0.25, -0.2) is 8.42 Å². The van der Waals surface area contributed by atoms with E-state index in [-0.39, 0.29) is 10.8 Å². The minimum Gasteiger partial charge on any atom is -0.319 e. The predicted octanol–water partition coefficient (Wildman–Crippen LogP) is 5.26. The normalized spacial score (nSPS) is 11.3. The van der Waals surface area contributed by atoms with Crippen LogP contribution in [-0.2, 0) is 10.0 Å². The van der Waals surface area contributed by atoms with Crippen molar-refractivity contribution < 1.29 is 13.2 Å². The van der Waals surface area contributed by atoms with Crippen molar-refractivity contribution in [2.45, 2.75) is 11.8 Å². The van der Waals surface area contributed by atoms with Crippen molar-refractivity contribution in [3.63, 3.8) is 0 Å². The molecule has 0 aliphatic carbocycles. The minimum absolute atomic E-state index is 0.162. The quantitative estimate of drug-likeness (QED) is 0.460. The van der Waals surface area contributed by atoms with Gasteiger partial charge in [-0.15, -0.1) is 11.3 Å². The minimum atomic E-state index is -3.84. The number of aryl methyl sites for hydroxylation is 1. The van der Waals surface area contributed by atoms with Crippen LogP contribution in [0, 0.1) is 6.92 Å². The Labute approximate surface area is 173 Å². The molecular formula is C22H18N2O3S2. The van der Waals surface area contributed by atoms with Crippen LogP contribution in [0.25, 0.3) is 10.8 Å². The van der Waals surface area contributed by atoms with E-state index in [2.05, 4.69) is 10.0 Å². The van der Waals surface area contributed by atoms with Crippen LogP contribution in [0.15, 0.2) is 83.1 Å². The number of carbonyl (C=O) groups is 1. The first-order chi connectivity index (χ1) is 13.9. The number of hydrogen-bond donors (Lipinski definition) is 2. The molecular weight excluding hydrogens is 404 g/mol. The zero-order valence-electron chi connectivity index (χ0n) is 15.5. The van der Waals surface area contributed by atoms with Gasteiger partial charge in [0.05, 0.1) is 21.1 Å². The molecule has 29 heavy (non-hydrogen) atoms. The van der Waals surface area contributed by atoms with E-state index >= 15 is 0 Å². The lowest BCUT2D eigenvalue weighted by atomic mass is 10.1. The van der Waals surface area contributed by atoms with Gasteiger partial charge in [-0.3, -0.25) is 9.52 Å². The number of hydrogen-bond acceptors (Lipinski definition) is 4. The van der Waals surface area contributed by atoms with Gasteiger partial charge in [-0.05, 0) is 52.9 Å². The summed E-state index contributed by atoms with van der Waals surface area (Å²) in [7, 11) is -3.84. The number of rotatable bonds is 5. The number of nitrogens with one attached hydrogen (secondary N) is 2. The van der Waals surface area contributed by atoms with Crippen molar-refractivity contribution in [2.75, 3.05) is 10.0 Å². The fourth-order valence-corrected chi connectivity index (χ4v) is 4.83. The molecule has 0 spiro atoms. The lowest BCUT2D eigenvalue weighted by Gasteiger charge is -2.16. The molecule has 0 aliphatic heterocycles. The van der Waals surface area contributed by atoms with Crippen LogP contribution in [0.3, 0.4) is 0 Å². The third kappa shape index (κ3) is 4.01. The van der Waals surface area contributed by atoms with Crippen LogP contribution in [-0.4, -0.2) is 14.3 Å². The van der Waals surface area contributed by atoms with Crippen molar-refractivity contribution in [3.05, 3.63) is 88.6 Å². The molecule has 0 fully saturated rings. The summed E-state index contributed by atoms with van der Waals surface area (Å²) in [5, 5.41) is 6.42. The summed E-state index contributed by atoms with van der Waals surface area (Å²) >= 11 is 1.32. The largest absolute Gasteiger partial charge is 0.319 e. The lowest BCUT2D eigenvalue weighted by molar-refractivity contribution is 0.103. The molecule has 0 saturated carbocycles. The first-order valence-corrected chi connectivity index (χ1v) is 11.3. The van der Waals surface area contributed by atoms with Gasteiger partial charge < -0.3 is 5.32 Å². The Hall–Kier alpha value is -3.16. The zero-order chi connectivity index (χ0) is 20.4. The highest BCUT2D eigenvalue weighted by molar-refractivity contribution is 7.92. The number of amides is 1. The van der Waals surface area contributed by atoms with Gasteiger partial charge in [0.15, 0.2) is 0 Å². The average molecular weight is 423 g/mol. The fourth-order valence-electron chi connectivity index (χ4n) is 3.03. The smallest absolute Gasteiger partial charge is 0.265 e. The van der Waals surface area contributed by atoms with Gasteiger partial charge in [0.1, 0.15) is 0 Å². The van der Waals surface area contributed by atoms with Gasteiger partial charge in [-0.1, -0.05) is 48.5 Å². The van der Waals surface area contributed by atoms with Crippen molar-refractivity contribution in [2.24, 2.45) is 0 Å². The number of thiophene rings is 1. The second kappa shape index (κ2) is 7.69. The van der Waals surface area contributed by atoms with E-state index < -0.39 is 10.0 Å². The summed E-state index contributed by atoms with van der Waals surface area (Å²) in [6, 6.07) is 21.3. The van der Waals surface area contributed by atoms with Crippen LogP contribution in [0.4, 0.5) is 11.4 Å². The average Bonchev–Trinajstić information content (AvgIpc) is 3.25. The topological polar surface area (TPSA) is 75.3 Å². The molecule has 4 aromatic rings. The highest BCUT2D eigenvalue weighted by Crippen LogP contribution is 2.30. The Morgan fingerprint density at radius 3 is 2.45 bits per heavy atom. The molecule has 0 atom stereocenters. The highest BCUT2D eigenvalue weighted by atomic mass is 32.2. The zero-order valence-corrected chi connectivity index (χ0v) is 17.2. The molecule has 2 N–H and O–H groups in total. The number of para-hydroxylation sites is 1. The first kappa shape index (κ1) is 19.2. The molecule has 0 saturated heterocycles. The third-order valence-corrected chi connectivity index (χ3v) is 6.75. The van der Waals surface area contributed by atoms with Gasteiger partial charge in [0, 0.05) is 0 Å². The number of benzene rings is 3. The Kier molecular flexibility index (Phi) is 5.08. The molecule has 0 bridgehead atoms. The van der Waals surface area contributed by atoms with E-state index in [1.54, 1.807) is 55.5 Å². The van der Waals surface area contributed by atoms with Gasteiger partial charge >= 0.3 is 0 Å². The molecule has 0 aliphatic rings. The number of fused-ring (bicyclic) bond motifs is 1. The Morgan fingerprint density at radius 1 is 0.897 bits per heavy atom. The molecule has 7 heteroatoms. The summed E-state index contributed by atoms with van der Waals surface area (Å²) in [6.07, 6.45) is 0. The van der Waals surface area contributed by atoms with Crippen LogP contribution in [0.5, 0.6) is 0 Å². The number of carbonyl (C=O) groups excluding carboxylic acids is 1. The van der Waals surface area contributed by atoms with Crippen LogP contribution in [0.2, 0.25) is 0 Å². The maximum Gasteiger partial charge on any atom is 0.265 e. The summed E-state index contributed by atoms with van der Waals surface area (Å²) in [5.74, 6) is -0.281. The molecule has 0 radical (unpaired) electrons. The molecule has 4 rings (SSSR count). The summed E-state index contributed by atoms with van der Waals surface area (Å²) in [4.78, 5) is 13.2. The molecule has 5 nitrogen and oxygen atoms in total. The monoisotopic (exact) mass is 422 g/mol.